The molecule has 0 aliphatic carbocycles. The van der Waals surface area contributed by atoms with Crippen molar-refractivity contribution >= 4 is 40.5 Å². The fraction of sp³-hybridized carbons (Fsp3) is 0.419. The Morgan fingerprint density at radius 1 is 0.878 bits per heavy atom. The first-order chi connectivity index (χ1) is 19.9. The number of aryl methyl sites for hydroxylation is 1. The number of nitrogens with zero attached hydrogens (tertiary/aromatic N) is 5. The molecule has 0 amide bonds. The second-order valence-corrected chi connectivity index (χ2v) is 11.3. The average Bonchev–Trinajstić information content (AvgIpc) is 3.00. The summed E-state index contributed by atoms with van der Waals surface area (Å²) < 4.78 is 11.1. The van der Waals surface area contributed by atoms with Crippen LogP contribution in [0.1, 0.15) is 29.5 Å². The van der Waals surface area contributed by atoms with Crippen LogP contribution in [0.3, 0.4) is 0 Å². The molecule has 41 heavy (non-hydrogen) atoms. The number of ether oxygens (including phenoxy) is 2. The van der Waals surface area contributed by atoms with Gasteiger partial charge in [-0.05, 0) is 50.6 Å². The van der Waals surface area contributed by atoms with E-state index in [0.717, 1.165) is 48.9 Å². The maximum Gasteiger partial charge on any atom is 0.227 e. The van der Waals surface area contributed by atoms with Crippen molar-refractivity contribution in [1.82, 2.24) is 19.8 Å². The van der Waals surface area contributed by atoms with Crippen molar-refractivity contribution in [3.05, 3.63) is 63.4 Å². The summed E-state index contributed by atoms with van der Waals surface area (Å²) in [6.45, 7) is 8.60. The summed E-state index contributed by atoms with van der Waals surface area (Å²) in [5.74, 6) is 7.91. The van der Waals surface area contributed by atoms with Gasteiger partial charge < -0.3 is 24.6 Å². The maximum absolute atomic E-state index is 6.44. The van der Waals surface area contributed by atoms with Crippen molar-refractivity contribution in [2.75, 3.05) is 70.8 Å². The lowest BCUT2D eigenvalue weighted by Crippen LogP contribution is -2.52. The summed E-state index contributed by atoms with van der Waals surface area (Å²) in [6.07, 6.45) is 5.66. The van der Waals surface area contributed by atoms with Gasteiger partial charge in [-0.2, -0.15) is 0 Å². The number of rotatable bonds is 6. The number of likely N-dealkylation sites (N-methyl/N-ethyl adjacent to an activating group) is 1. The molecule has 2 aliphatic heterocycles. The highest BCUT2D eigenvalue weighted by Gasteiger charge is 2.27. The number of anilines is 3. The third-order valence-corrected chi connectivity index (χ3v) is 8.71. The molecule has 0 bridgehead atoms. The zero-order chi connectivity index (χ0) is 28.9. The molecule has 10 heteroatoms. The smallest absolute Gasteiger partial charge is 0.227 e. The van der Waals surface area contributed by atoms with E-state index in [4.69, 9.17) is 32.7 Å². The second-order valence-electron chi connectivity index (χ2n) is 10.5. The molecule has 0 radical (unpaired) electrons. The highest BCUT2D eigenvalue weighted by atomic mass is 35.5. The van der Waals surface area contributed by atoms with E-state index in [0.29, 0.717) is 38.9 Å². The highest BCUT2D eigenvalue weighted by molar-refractivity contribution is 6.38. The molecule has 216 valence electrons. The molecule has 1 N–H and O–H groups in total. The average molecular weight is 596 g/mol. The minimum Gasteiger partial charge on any atom is -0.495 e. The molecule has 2 fully saturated rings. The van der Waals surface area contributed by atoms with Gasteiger partial charge in [-0.15, -0.1) is 0 Å². The van der Waals surface area contributed by atoms with Crippen LogP contribution in [-0.4, -0.2) is 86.3 Å². The van der Waals surface area contributed by atoms with Crippen LogP contribution in [0.25, 0.3) is 0 Å². The molecule has 2 saturated heterocycles. The fourth-order valence-electron chi connectivity index (χ4n) is 5.39. The molecule has 2 aliphatic rings. The number of hydrogen-bond donors (Lipinski definition) is 1. The van der Waals surface area contributed by atoms with Gasteiger partial charge in [0.05, 0.1) is 41.1 Å². The summed E-state index contributed by atoms with van der Waals surface area (Å²) >= 11 is 12.9. The largest absolute Gasteiger partial charge is 0.495 e. The molecule has 0 saturated carbocycles. The Morgan fingerprint density at radius 3 is 2.22 bits per heavy atom. The topological polar surface area (TPSA) is 66.0 Å². The van der Waals surface area contributed by atoms with E-state index in [1.807, 2.05) is 19.1 Å². The standard InChI is InChI=1S/C31H36Cl2N6O2/c1-21-17-28(41-4)30(33)25(29(21)32)7-5-22-19-34-31(35-20-22)36-23-6-8-26(27(18-23)40-3)39-11-9-24(10-12-39)38-15-13-37(2)14-16-38/h6,8,17-20,24H,9-16H2,1-4H3,(H,34,35,36). The molecular formula is C31H36Cl2N6O2. The number of hydrogen-bond acceptors (Lipinski definition) is 8. The molecule has 1 aromatic heterocycles. The van der Waals surface area contributed by atoms with Crippen LogP contribution in [0.2, 0.25) is 10.0 Å². The van der Waals surface area contributed by atoms with E-state index in [1.165, 1.54) is 25.9 Å². The number of nitrogens with one attached hydrogen (secondary N) is 1. The Kier molecular flexibility index (Phi) is 9.41. The van der Waals surface area contributed by atoms with Crippen LogP contribution in [0.4, 0.5) is 17.3 Å². The van der Waals surface area contributed by atoms with E-state index < -0.39 is 0 Å². The van der Waals surface area contributed by atoms with Crippen LogP contribution >= 0.6 is 23.2 Å². The molecule has 0 atom stereocenters. The normalized spacial score (nSPS) is 16.7. The first-order valence-corrected chi connectivity index (χ1v) is 14.6. The summed E-state index contributed by atoms with van der Waals surface area (Å²) in [4.78, 5) is 16.4. The SMILES string of the molecule is COc1cc(Nc2ncc(C#Cc3c(Cl)c(C)cc(OC)c3Cl)cn2)ccc1N1CCC(N2CCN(C)CC2)CC1. The molecule has 0 unspecified atom stereocenters. The third kappa shape index (κ3) is 6.82. The Morgan fingerprint density at radius 2 is 1.56 bits per heavy atom. The summed E-state index contributed by atoms with van der Waals surface area (Å²) in [5.41, 5.74) is 3.96. The van der Waals surface area contributed by atoms with Gasteiger partial charge in [0.1, 0.15) is 11.5 Å². The lowest BCUT2D eigenvalue weighted by molar-refractivity contribution is 0.0981. The van der Waals surface area contributed by atoms with Crippen LogP contribution in [-0.2, 0) is 0 Å². The zero-order valence-corrected chi connectivity index (χ0v) is 25.5. The Balaban J connectivity index is 1.22. The first-order valence-electron chi connectivity index (χ1n) is 13.9. The number of methoxy groups -OCH3 is 2. The molecule has 0 spiro atoms. The summed E-state index contributed by atoms with van der Waals surface area (Å²) in [7, 11) is 5.48. The van der Waals surface area contributed by atoms with E-state index in [9.17, 15) is 0 Å². The predicted molar refractivity (Wildman–Crippen MR) is 166 cm³/mol. The van der Waals surface area contributed by atoms with E-state index >= 15 is 0 Å². The van der Waals surface area contributed by atoms with Crippen molar-refractivity contribution in [3.63, 3.8) is 0 Å². The van der Waals surface area contributed by atoms with Crippen LogP contribution in [0.15, 0.2) is 36.7 Å². The number of piperazine rings is 1. The van der Waals surface area contributed by atoms with Crippen molar-refractivity contribution < 1.29 is 9.47 Å². The zero-order valence-electron chi connectivity index (χ0n) is 24.0. The van der Waals surface area contributed by atoms with Gasteiger partial charge in [-0.25, -0.2) is 9.97 Å². The van der Waals surface area contributed by atoms with Crippen LogP contribution in [0, 0.1) is 18.8 Å². The van der Waals surface area contributed by atoms with Crippen LogP contribution < -0.4 is 19.7 Å². The molecule has 3 aromatic rings. The highest BCUT2D eigenvalue weighted by Crippen LogP contribution is 2.36. The first kappa shape index (κ1) is 29.3. The van der Waals surface area contributed by atoms with Gasteiger partial charge in [0.25, 0.3) is 0 Å². The minimum atomic E-state index is 0.381. The van der Waals surface area contributed by atoms with Crippen molar-refractivity contribution in [2.24, 2.45) is 0 Å². The molecule has 5 rings (SSSR count). The Labute approximate surface area is 252 Å². The Hall–Kier alpha value is -3.22. The summed E-state index contributed by atoms with van der Waals surface area (Å²) in [5, 5.41) is 4.15. The fourth-order valence-corrected chi connectivity index (χ4v) is 5.91. The van der Waals surface area contributed by atoms with Gasteiger partial charge in [0.2, 0.25) is 5.95 Å². The van der Waals surface area contributed by atoms with Gasteiger partial charge in [0.15, 0.2) is 0 Å². The van der Waals surface area contributed by atoms with E-state index in [2.05, 4.69) is 54.9 Å². The quantitative estimate of drug-likeness (QED) is 0.377. The van der Waals surface area contributed by atoms with Gasteiger partial charge in [-0.3, -0.25) is 4.90 Å². The molecule has 3 heterocycles. The van der Waals surface area contributed by atoms with E-state index in [-0.39, 0.29) is 0 Å². The maximum atomic E-state index is 6.44. The van der Waals surface area contributed by atoms with Gasteiger partial charge >= 0.3 is 0 Å². The number of benzene rings is 2. The van der Waals surface area contributed by atoms with Gasteiger partial charge in [-0.1, -0.05) is 35.0 Å². The number of piperidine rings is 1. The predicted octanol–water partition coefficient (Wildman–Crippen LogP) is 5.47. The van der Waals surface area contributed by atoms with Gasteiger partial charge in [0, 0.05) is 69.5 Å². The Bertz CT molecular complexity index is 1420. The monoisotopic (exact) mass is 594 g/mol. The molecule has 2 aromatic carbocycles. The number of halogens is 2. The van der Waals surface area contributed by atoms with Crippen molar-refractivity contribution in [1.29, 1.82) is 0 Å². The number of aromatic nitrogens is 2. The lowest BCUT2D eigenvalue weighted by atomic mass is 10.0. The van der Waals surface area contributed by atoms with E-state index in [1.54, 1.807) is 32.7 Å². The summed E-state index contributed by atoms with van der Waals surface area (Å²) in [6, 6.07) is 8.61. The lowest BCUT2D eigenvalue weighted by Gasteiger charge is -2.42. The minimum absolute atomic E-state index is 0.381. The van der Waals surface area contributed by atoms with Crippen molar-refractivity contribution in [2.45, 2.75) is 25.8 Å². The van der Waals surface area contributed by atoms with Crippen molar-refractivity contribution in [3.8, 4) is 23.3 Å². The second kappa shape index (κ2) is 13.2. The molecule has 8 nitrogen and oxygen atoms in total. The van der Waals surface area contributed by atoms with Crippen LogP contribution in [0.5, 0.6) is 11.5 Å². The third-order valence-electron chi connectivity index (χ3n) is 7.85. The molecular weight excluding hydrogens is 559 g/mol.